The fourth-order valence-corrected chi connectivity index (χ4v) is 2.66. The van der Waals surface area contributed by atoms with Gasteiger partial charge in [-0.2, -0.15) is 11.8 Å². The van der Waals surface area contributed by atoms with Crippen molar-refractivity contribution >= 4 is 23.5 Å². The van der Waals surface area contributed by atoms with Gasteiger partial charge in [0.15, 0.2) is 0 Å². The van der Waals surface area contributed by atoms with Crippen molar-refractivity contribution in [3.63, 3.8) is 0 Å². The van der Waals surface area contributed by atoms with E-state index in [1.165, 1.54) is 11.8 Å². The number of hydrogen-bond acceptors (Lipinski definition) is 4. The molecule has 0 spiro atoms. The van der Waals surface area contributed by atoms with E-state index in [2.05, 4.69) is 0 Å². The molecule has 0 amide bonds. The predicted octanol–water partition coefficient (Wildman–Crippen LogP) is 0.392. The van der Waals surface area contributed by atoms with E-state index in [1.807, 2.05) is 0 Å². The summed E-state index contributed by atoms with van der Waals surface area (Å²) in [6.45, 7) is 0.0727. The van der Waals surface area contributed by atoms with Crippen LogP contribution in [0.4, 0.5) is 0 Å². The van der Waals surface area contributed by atoms with Gasteiger partial charge in [0.05, 0.1) is 12.5 Å². The maximum atomic E-state index is 11.3. The van der Waals surface area contributed by atoms with Gasteiger partial charge in [-0.25, -0.2) is 0 Å². The van der Waals surface area contributed by atoms with Crippen LogP contribution in [-0.4, -0.2) is 40.1 Å². The van der Waals surface area contributed by atoms with Crippen LogP contribution in [0.25, 0.3) is 0 Å². The Morgan fingerprint density at radius 2 is 2.29 bits per heavy atom. The van der Waals surface area contributed by atoms with Gasteiger partial charge in [-0.15, -0.1) is 0 Å². The second-order valence-corrected chi connectivity index (χ2v) is 4.50. The molecule has 2 atom stereocenters. The van der Waals surface area contributed by atoms with Gasteiger partial charge in [0, 0.05) is 23.8 Å². The molecular weight excluding hydrogens is 204 g/mol. The van der Waals surface area contributed by atoms with Gasteiger partial charge in [-0.1, -0.05) is 0 Å². The summed E-state index contributed by atoms with van der Waals surface area (Å²) < 4.78 is 0. The summed E-state index contributed by atoms with van der Waals surface area (Å²) in [6.07, 6.45) is 0.861. The number of carbonyl (C=O) groups excluding carboxylic acids is 1. The summed E-state index contributed by atoms with van der Waals surface area (Å²) in [6, 6.07) is 0. The molecule has 1 rings (SSSR count). The van der Waals surface area contributed by atoms with Crippen molar-refractivity contribution in [2.75, 3.05) is 18.1 Å². The van der Waals surface area contributed by atoms with Crippen LogP contribution in [0, 0.1) is 11.8 Å². The minimum atomic E-state index is -0.870. The number of aliphatic hydroxyl groups excluding tert-OH is 1. The first-order chi connectivity index (χ1) is 6.66. The van der Waals surface area contributed by atoms with E-state index in [1.54, 1.807) is 0 Å². The molecule has 14 heavy (non-hydrogen) atoms. The normalized spacial score (nSPS) is 26.8. The highest BCUT2D eigenvalue weighted by Gasteiger charge is 2.38. The highest BCUT2D eigenvalue weighted by atomic mass is 32.2. The van der Waals surface area contributed by atoms with E-state index < -0.39 is 11.9 Å². The minimum Gasteiger partial charge on any atom is -0.481 e. The van der Waals surface area contributed by atoms with Crippen LogP contribution in [0.15, 0.2) is 0 Å². The maximum absolute atomic E-state index is 11.3. The van der Waals surface area contributed by atoms with E-state index in [0.717, 1.165) is 0 Å². The number of carboxylic acid groups (broad SMARTS) is 1. The predicted molar refractivity (Wildman–Crippen MR) is 53.3 cm³/mol. The Morgan fingerprint density at radius 1 is 1.57 bits per heavy atom. The summed E-state index contributed by atoms with van der Waals surface area (Å²) in [5, 5.41) is 17.4. The maximum Gasteiger partial charge on any atom is 0.307 e. The molecule has 4 nitrogen and oxygen atoms in total. The smallest absolute Gasteiger partial charge is 0.307 e. The summed E-state index contributed by atoms with van der Waals surface area (Å²) in [5.74, 6) is -0.571. The Bertz CT molecular complexity index is 229. The quantitative estimate of drug-likeness (QED) is 0.653. The molecule has 1 aliphatic rings. The van der Waals surface area contributed by atoms with Gasteiger partial charge in [0.25, 0.3) is 0 Å². The number of aliphatic carboxylic acids is 1. The number of hydrogen-bond donors (Lipinski definition) is 2. The van der Waals surface area contributed by atoms with Gasteiger partial charge < -0.3 is 10.2 Å². The largest absolute Gasteiger partial charge is 0.481 e. The molecule has 0 aromatic carbocycles. The Kier molecular flexibility index (Phi) is 4.41. The number of Topliss-reactive ketones (excluding diaryl/α,β-unsaturated/α-hetero) is 1. The molecular formula is C9H14O4S. The van der Waals surface area contributed by atoms with E-state index in [-0.39, 0.29) is 18.3 Å². The van der Waals surface area contributed by atoms with Crippen LogP contribution in [0.2, 0.25) is 0 Å². The number of thioether (sulfide) groups is 1. The average Bonchev–Trinajstić information content (AvgIpc) is 2.48. The Labute approximate surface area is 86.7 Å². The number of carboxylic acids is 1. The molecule has 1 fully saturated rings. The van der Waals surface area contributed by atoms with Crippen molar-refractivity contribution in [3.8, 4) is 0 Å². The fraction of sp³-hybridized carbons (Fsp3) is 0.778. The van der Waals surface area contributed by atoms with Crippen LogP contribution in [0.5, 0.6) is 0 Å². The molecule has 0 heterocycles. The monoisotopic (exact) mass is 218 g/mol. The molecule has 0 saturated heterocycles. The summed E-state index contributed by atoms with van der Waals surface area (Å²) in [4.78, 5) is 22.1. The van der Waals surface area contributed by atoms with Gasteiger partial charge in [-0.05, 0) is 6.42 Å². The molecule has 2 N–H and O–H groups in total. The third-order valence-corrected chi connectivity index (χ3v) is 3.52. The molecule has 0 aliphatic heterocycles. The highest BCUT2D eigenvalue weighted by Crippen LogP contribution is 2.31. The zero-order chi connectivity index (χ0) is 10.6. The van der Waals surface area contributed by atoms with Crippen molar-refractivity contribution in [1.82, 2.24) is 0 Å². The van der Waals surface area contributed by atoms with Gasteiger partial charge >= 0.3 is 5.97 Å². The fourth-order valence-electron chi connectivity index (χ4n) is 1.69. The lowest BCUT2D eigenvalue weighted by Crippen LogP contribution is -2.24. The van der Waals surface area contributed by atoms with Crippen LogP contribution in [-0.2, 0) is 9.59 Å². The number of rotatable bonds is 5. The Balaban J connectivity index is 2.45. The molecule has 1 aliphatic carbocycles. The second kappa shape index (κ2) is 5.36. The summed E-state index contributed by atoms with van der Waals surface area (Å²) >= 11 is 1.44. The van der Waals surface area contributed by atoms with Crippen molar-refractivity contribution in [2.45, 2.75) is 12.8 Å². The van der Waals surface area contributed by atoms with Crippen molar-refractivity contribution in [3.05, 3.63) is 0 Å². The van der Waals surface area contributed by atoms with Gasteiger partial charge in [0.2, 0.25) is 0 Å². The Hall–Kier alpha value is -0.550. The first-order valence-electron chi connectivity index (χ1n) is 4.61. The molecule has 5 heteroatoms. The molecule has 0 aromatic rings. The lowest BCUT2D eigenvalue weighted by Gasteiger charge is -2.13. The Morgan fingerprint density at radius 3 is 2.86 bits per heavy atom. The van der Waals surface area contributed by atoms with E-state index in [4.69, 9.17) is 10.2 Å². The van der Waals surface area contributed by atoms with Crippen molar-refractivity contribution in [2.24, 2.45) is 11.8 Å². The van der Waals surface area contributed by atoms with E-state index in [0.29, 0.717) is 24.3 Å². The summed E-state index contributed by atoms with van der Waals surface area (Å²) in [5.41, 5.74) is 0. The SMILES string of the molecule is O=C1CC[C@@H](C(=O)O)[C@@H]1CSCCO. The first-order valence-corrected chi connectivity index (χ1v) is 5.76. The second-order valence-electron chi connectivity index (χ2n) is 3.35. The van der Waals surface area contributed by atoms with Crippen molar-refractivity contribution in [1.29, 1.82) is 0 Å². The molecule has 0 radical (unpaired) electrons. The topological polar surface area (TPSA) is 74.6 Å². The van der Waals surface area contributed by atoms with Gasteiger partial charge in [-0.3, -0.25) is 9.59 Å². The summed E-state index contributed by atoms with van der Waals surface area (Å²) in [7, 11) is 0. The van der Waals surface area contributed by atoms with Crippen molar-refractivity contribution < 1.29 is 19.8 Å². The third kappa shape index (κ3) is 2.72. The number of carbonyl (C=O) groups is 2. The number of aliphatic hydroxyl groups is 1. The molecule has 0 aromatic heterocycles. The van der Waals surface area contributed by atoms with Gasteiger partial charge in [0.1, 0.15) is 5.78 Å². The first kappa shape index (κ1) is 11.5. The zero-order valence-electron chi connectivity index (χ0n) is 7.81. The van der Waals surface area contributed by atoms with Crippen LogP contribution in [0.3, 0.4) is 0 Å². The standard InChI is InChI=1S/C9H14O4S/c10-3-4-14-5-7-6(9(12)13)1-2-8(7)11/h6-7,10H,1-5H2,(H,12,13)/t6-,7+/m1/s1. The third-order valence-electron chi connectivity index (χ3n) is 2.45. The van der Waals surface area contributed by atoms with E-state index in [9.17, 15) is 9.59 Å². The van der Waals surface area contributed by atoms with Crippen LogP contribution >= 0.6 is 11.8 Å². The highest BCUT2D eigenvalue weighted by molar-refractivity contribution is 7.99. The lowest BCUT2D eigenvalue weighted by atomic mass is 9.98. The van der Waals surface area contributed by atoms with Crippen LogP contribution < -0.4 is 0 Å². The van der Waals surface area contributed by atoms with Crippen LogP contribution in [0.1, 0.15) is 12.8 Å². The number of ketones is 1. The minimum absolute atomic E-state index is 0.0582. The molecule has 1 saturated carbocycles. The zero-order valence-corrected chi connectivity index (χ0v) is 8.63. The van der Waals surface area contributed by atoms with E-state index >= 15 is 0 Å². The molecule has 0 bridgehead atoms. The molecule has 0 unspecified atom stereocenters. The lowest BCUT2D eigenvalue weighted by molar-refractivity contribution is -0.143. The average molecular weight is 218 g/mol. The molecule has 80 valence electrons.